The molecule has 0 fully saturated rings. The average Bonchev–Trinajstić information content (AvgIpc) is 2.19. The van der Waals surface area contributed by atoms with Crippen LogP contribution in [-0.2, 0) is 0 Å². The Hall–Kier alpha value is -1.64. The van der Waals surface area contributed by atoms with Crippen LogP contribution in [0.25, 0.3) is 0 Å². The Labute approximate surface area is 84.0 Å². The van der Waals surface area contributed by atoms with Crippen molar-refractivity contribution < 1.29 is 0 Å². The first-order valence-corrected chi connectivity index (χ1v) is 4.80. The summed E-state index contributed by atoms with van der Waals surface area (Å²) in [5.74, 6) is 0. The maximum atomic E-state index is 5.69. The predicted molar refractivity (Wildman–Crippen MR) is 61.6 cm³/mol. The zero-order chi connectivity index (χ0) is 9.97. The predicted octanol–water partition coefficient (Wildman–Crippen LogP) is 2.05. The van der Waals surface area contributed by atoms with E-state index in [0.29, 0.717) is 6.04 Å². The van der Waals surface area contributed by atoms with E-state index in [2.05, 4.69) is 17.2 Å². The summed E-state index contributed by atoms with van der Waals surface area (Å²) in [5, 5.41) is 6.78. The van der Waals surface area contributed by atoms with Gasteiger partial charge in [-0.05, 0) is 24.6 Å². The van der Waals surface area contributed by atoms with Gasteiger partial charge in [-0.15, -0.1) is 6.58 Å². The van der Waals surface area contributed by atoms with Crippen molar-refractivity contribution in [2.75, 3.05) is 22.9 Å². The zero-order valence-electron chi connectivity index (χ0n) is 8.09. The highest BCUT2D eigenvalue weighted by Crippen LogP contribution is 2.28. The number of nitrogens with two attached hydrogens (primary N) is 1. The Morgan fingerprint density at radius 1 is 1.50 bits per heavy atom. The molecule has 0 amide bonds. The summed E-state index contributed by atoms with van der Waals surface area (Å²) in [7, 11) is 0. The molecule has 1 aromatic carbocycles. The van der Waals surface area contributed by atoms with Gasteiger partial charge in [-0.25, -0.2) is 0 Å². The van der Waals surface area contributed by atoms with Crippen LogP contribution in [0.15, 0.2) is 30.9 Å². The highest BCUT2D eigenvalue weighted by molar-refractivity contribution is 5.75. The van der Waals surface area contributed by atoms with E-state index in [4.69, 9.17) is 5.73 Å². The summed E-state index contributed by atoms with van der Waals surface area (Å²) in [6, 6.07) is 6.30. The van der Waals surface area contributed by atoms with Crippen molar-refractivity contribution in [1.29, 1.82) is 0 Å². The molecule has 3 heteroatoms. The number of benzene rings is 1. The molecule has 2 rings (SSSR count). The third kappa shape index (κ3) is 1.66. The number of nitrogens with one attached hydrogen (secondary N) is 2. The summed E-state index contributed by atoms with van der Waals surface area (Å²) in [6.07, 6.45) is 2.90. The topological polar surface area (TPSA) is 50.1 Å². The Morgan fingerprint density at radius 3 is 3.14 bits per heavy atom. The molecule has 1 aromatic rings. The number of hydrogen-bond acceptors (Lipinski definition) is 3. The monoisotopic (exact) mass is 189 g/mol. The van der Waals surface area contributed by atoms with Crippen LogP contribution in [0.3, 0.4) is 0 Å². The molecule has 3 nitrogen and oxygen atoms in total. The fourth-order valence-corrected chi connectivity index (χ4v) is 1.68. The van der Waals surface area contributed by atoms with Gasteiger partial charge in [0.05, 0.1) is 11.4 Å². The normalized spacial score (nSPS) is 19.0. The molecule has 74 valence electrons. The minimum Gasteiger partial charge on any atom is -0.399 e. The molecule has 14 heavy (non-hydrogen) atoms. The van der Waals surface area contributed by atoms with E-state index in [-0.39, 0.29) is 0 Å². The van der Waals surface area contributed by atoms with E-state index in [1.807, 2.05) is 24.3 Å². The van der Waals surface area contributed by atoms with Gasteiger partial charge in [0, 0.05) is 18.3 Å². The van der Waals surface area contributed by atoms with Crippen LogP contribution in [-0.4, -0.2) is 12.6 Å². The van der Waals surface area contributed by atoms with E-state index in [9.17, 15) is 0 Å². The van der Waals surface area contributed by atoms with Crippen molar-refractivity contribution in [2.24, 2.45) is 0 Å². The molecule has 1 aliphatic rings. The van der Waals surface area contributed by atoms with E-state index in [0.717, 1.165) is 30.0 Å². The molecule has 4 N–H and O–H groups in total. The number of nitrogen functional groups attached to an aromatic ring is 1. The fourth-order valence-electron chi connectivity index (χ4n) is 1.68. The van der Waals surface area contributed by atoms with Crippen LogP contribution in [0, 0.1) is 0 Å². The summed E-state index contributed by atoms with van der Waals surface area (Å²) >= 11 is 0. The lowest BCUT2D eigenvalue weighted by Crippen LogP contribution is -2.32. The zero-order valence-corrected chi connectivity index (χ0v) is 8.09. The van der Waals surface area contributed by atoms with Crippen molar-refractivity contribution in [2.45, 2.75) is 12.5 Å². The average molecular weight is 189 g/mol. The highest BCUT2D eigenvalue weighted by atomic mass is 15.1. The van der Waals surface area contributed by atoms with Gasteiger partial charge >= 0.3 is 0 Å². The molecule has 0 radical (unpaired) electrons. The molecule has 0 aliphatic carbocycles. The SMILES string of the molecule is C=CCC1CNc2cc(N)ccc2N1. The van der Waals surface area contributed by atoms with Crippen molar-refractivity contribution in [3.63, 3.8) is 0 Å². The van der Waals surface area contributed by atoms with Gasteiger partial charge in [0.1, 0.15) is 0 Å². The second-order valence-corrected chi connectivity index (χ2v) is 3.55. The molecule has 0 bridgehead atoms. The standard InChI is InChI=1S/C11H15N3/c1-2-3-9-7-13-11-6-8(12)4-5-10(11)14-9/h2,4-6,9,13-14H,1,3,7,12H2. The lowest BCUT2D eigenvalue weighted by Gasteiger charge is -2.27. The molecule has 0 saturated carbocycles. The smallest absolute Gasteiger partial charge is 0.0597 e. The number of rotatable bonds is 2. The number of hydrogen-bond donors (Lipinski definition) is 3. The molecule has 1 aliphatic heterocycles. The maximum absolute atomic E-state index is 5.69. The van der Waals surface area contributed by atoms with E-state index < -0.39 is 0 Å². The lowest BCUT2D eigenvalue weighted by atomic mass is 10.1. The second-order valence-electron chi connectivity index (χ2n) is 3.55. The second kappa shape index (κ2) is 3.62. The minimum atomic E-state index is 0.434. The molecule has 1 heterocycles. The van der Waals surface area contributed by atoms with Crippen molar-refractivity contribution in [3.05, 3.63) is 30.9 Å². The van der Waals surface area contributed by atoms with Gasteiger partial charge < -0.3 is 16.4 Å². The van der Waals surface area contributed by atoms with Gasteiger partial charge in [-0.1, -0.05) is 6.08 Å². The van der Waals surface area contributed by atoms with Crippen molar-refractivity contribution >= 4 is 17.1 Å². The third-order valence-corrected chi connectivity index (χ3v) is 2.39. The summed E-state index contributed by atoms with van der Waals surface area (Å²) in [5.41, 5.74) is 8.69. The van der Waals surface area contributed by atoms with E-state index >= 15 is 0 Å². The fraction of sp³-hybridized carbons (Fsp3) is 0.273. The van der Waals surface area contributed by atoms with Gasteiger partial charge in [-0.3, -0.25) is 0 Å². The Bertz CT molecular complexity index is 346. The van der Waals surface area contributed by atoms with Gasteiger partial charge in [0.25, 0.3) is 0 Å². The first-order valence-electron chi connectivity index (χ1n) is 4.80. The Morgan fingerprint density at radius 2 is 2.36 bits per heavy atom. The van der Waals surface area contributed by atoms with Crippen LogP contribution in [0.5, 0.6) is 0 Å². The van der Waals surface area contributed by atoms with E-state index in [1.54, 1.807) is 0 Å². The van der Waals surface area contributed by atoms with Crippen LogP contribution >= 0.6 is 0 Å². The first-order chi connectivity index (χ1) is 6.79. The first kappa shape index (κ1) is 8.94. The molecule has 0 spiro atoms. The van der Waals surface area contributed by atoms with Gasteiger partial charge in [0.2, 0.25) is 0 Å². The number of anilines is 3. The quantitative estimate of drug-likeness (QED) is 0.493. The molecule has 0 aromatic heterocycles. The van der Waals surface area contributed by atoms with Crippen LogP contribution in [0.4, 0.5) is 17.1 Å². The molecule has 1 atom stereocenters. The molecular formula is C11H15N3. The van der Waals surface area contributed by atoms with Crippen LogP contribution in [0.1, 0.15) is 6.42 Å². The Balaban J connectivity index is 2.18. The van der Waals surface area contributed by atoms with Crippen LogP contribution in [0.2, 0.25) is 0 Å². The van der Waals surface area contributed by atoms with Gasteiger partial charge in [0.15, 0.2) is 0 Å². The van der Waals surface area contributed by atoms with E-state index in [1.165, 1.54) is 0 Å². The summed E-state index contributed by atoms with van der Waals surface area (Å²) in [4.78, 5) is 0. The number of fused-ring (bicyclic) bond motifs is 1. The van der Waals surface area contributed by atoms with Crippen molar-refractivity contribution in [1.82, 2.24) is 0 Å². The molecular weight excluding hydrogens is 174 g/mol. The largest absolute Gasteiger partial charge is 0.399 e. The van der Waals surface area contributed by atoms with Crippen molar-refractivity contribution in [3.8, 4) is 0 Å². The molecule has 0 saturated heterocycles. The summed E-state index contributed by atoms with van der Waals surface area (Å²) < 4.78 is 0. The highest BCUT2D eigenvalue weighted by Gasteiger charge is 2.15. The van der Waals surface area contributed by atoms with Crippen LogP contribution < -0.4 is 16.4 Å². The minimum absolute atomic E-state index is 0.434. The molecule has 1 unspecified atom stereocenters. The lowest BCUT2D eigenvalue weighted by molar-refractivity contribution is 0.752. The summed E-state index contributed by atoms with van der Waals surface area (Å²) in [6.45, 7) is 4.66. The Kier molecular flexibility index (Phi) is 2.31. The maximum Gasteiger partial charge on any atom is 0.0597 e. The van der Waals surface area contributed by atoms with Gasteiger partial charge in [-0.2, -0.15) is 0 Å². The third-order valence-electron chi connectivity index (χ3n) is 2.39.